The first-order chi connectivity index (χ1) is 8.91. The van der Waals surface area contributed by atoms with Crippen LogP contribution in [0.4, 0.5) is 0 Å². The molecule has 0 aromatic heterocycles. The van der Waals surface area contributed by atoms with Gasteiger partial charge in [0.2, 0.25) is 5.91 Å². The Bertz CT molecular complexity index is 342. The maximum Gasteiger partial charge on any atom is 0.235 e. The summed E-state index contributed by atoms with van der Waals surface area (Å²) in [6.45, 7) is 8.60. The molecule has 1 amide bonds. The fourth-order valence-corrected chi connectivity index (χ4v) is 2.21. The van der Waals surface area contributed by atoms with Crippen molar-refractivity contribution in [3.63, 3.8) is 0 Å². The summed E-state index contributed by atoms with van der Waals surface area (Å²) in [7, 11) is 0. The van der Waals surface area contributed by atoms with Crippen molar-refractivity contribution in [2.45, 2.75) is 39.2 Å². The Morgan fingerprint density at radius 2 is 2.11 bits per heavy atom. The average molecular weight is 266 g/mol. The van der Waals surface area contributed by atoms with Crippen LogP contribution in [0.5, 0.6) is 0 Å². The molecule has 1 aliphatic rings. The van der Waals surface area contributed by atoms with Crippen molar-refractivity contribution in [2.24, 2.45) is 17.6 Å². The van der Waals surface area contributed by atoms with Crippen LogP contribution < -0.4 is 11.1 Å². The number of nitrogens with zero attached hydrogens (tertiary/aromatic N) is 2. The Kier molecular flexibility index (Phi) is 5.77. The third kappa shape index (κ3) is 4.48. The van der Waals surface area contributed by atoms with Crippen LogP contribution in [-0.4, -0.2) is 42.5 Å². The predicted octanol–water partition coefficient (Wildman–Crippen LogP) is 0.712. The molecule has 108 valence electrons. The lowest BCUT2D eigenvalue weighted by molar-refractivity contribution is -0.124. The first-order valence-corrected chi connectivity index (χ1v) is 7.06. The van der Waals surface area contributed by atoms with Crippen LogP contribution in [0.1, 0.15) is 33.6 Å². The lowest BCUT2D eigenvalue weighted by atomic mass is 9.90. The normalized spacial score (nSPS) is 20.8. The molecule has 0 aliphatic carbocycles. The van der Waals surface area contributed by atoms with Crippen LogP contribution in [0, 0.1) is 23.2 Å². The van der Waals surface area contributed by atoms with Gasteiger partial charge in [-0.15, -0.1) is 0 Å². The summed E-state index contributed by atoms with van der Waals surface area (Å²) in [4.78, 5) is 14.2. The van der Waals surface area contributed by atoms with Crippen LogP contribution in [-0.2, 0) is 4.79 Å². The molecule has 1 aliphatic heterocycles. The highest BCUT2D eigenvalue weighted by atomic mass is 16.2. The van der Waals surface area contributed by atoms with Crippen molar-refractivity contribution in [1.82, 2.24) is 10.2 Å². The number of piperidine rings is 1. The second-order valence-corrected chi connectivity index (χ2v) is 5.97. The van der Waals surface area contributed by atoms with E-state index in [2.05, 4.69) is 16.3 Å². The third-order valence-electron chi connectivity index (χ3n) is 4.19. The van der Waals surface area contributed by atoms with E-state index >= 15 is 0 Å². The standard InChI is InChI=1S/C14H26N4O/c1-11(2)14(3,10-16)17-13(19)9-18-6-4-12(8-15)5-7-18/h11-12H,4-9,15H2,1-3H3,(H,17,19). The highest BCUT2D eigenvalue weighted by molar-refractivity contribution is 5.79. The van der Waals surface area contributed by atoms with Gasteiger partial charge in [-0.25, -0.2) is 0 Å². The zero-order valence-corrected chi connectivity index (χ0v) is 12.3. The van der Waals surface area contributed by atoms with Gasteiger partial charge in [-0.3, -0.25) is 9.69 Å². The van der Waals surface area contributed by atoms with E-state index in [0.717, 1.165) is 32.5 Å². The van der Waals surface area contributed by atoms with E-state index in [4.69, 9.17) is 5.73 Å². The number of nitrogens with two attached hydrogens (primary N) is 1. The quantitative estimate of drug-likeness (QED) is 0.768. The zero-order valence-electron chi connectivity index (χ0n) is 12.3. The fraction of sp³-hybridized carbons (Fsp3) is 0.857. The van der Waals surface area contributed by atoms with Gasteiger partial charge in [0, 0.05) is 0 Å². The number of hydrogen-bond donors (Lipinski definition) is 2. The summed E-state index contributed by atoms with van der Waals surface area (Å²) < 4.78 is 0. The predicted molar refractivity (Wildman–Crippen MR) is 75.2 cm³/mol. The van der Waals surface area contributed by atoms with Crippen LogP contribution in [0.25, 0.3) is 0 Å². The topological polar surface area (TPSA) is 82.2 Å². The Balaban J connectivity index is 2.42. The van der Waals surface area contributed by atoms with E-state index < -0.39 is 5.54 Å². The SMILES string of the molecule is CC(C)C(C)(C#N)NC(=O)CN1CCC(CN)CC1. The maximum absolute atomic E-state index is 12.0. The van der Waals surface area contributed by atoms with Crippen molar-refractivity contribution in [3.05, 3.63) is 0 Å². The van der Waals surface area contributed by atoms with Gasteiger partial charge in [0.15, 0.2) is 0 Å². The summed E-state index contributed by atoms with van der Waals surface area (Å²) in [5, 5.41) is 12.0. The monoisotopic (exact) mass is 266 g/mol. The van der Waals surface area contributed by atoms with Gasteiger partial charge >= 0.3 is 0 Å². The Morgan fingerprint density at radius 1 is 1.53 bits per heavy atom. The first kappa shape index (κ1) is 15.9. The van der Waals surface area contributed by atoms with Gasteiger partial charge in [-0.1, -0.05) is 13.8 Å². The van der Waals surface area contributed by atoms with Gasteiger partial charge in [0.05, 0.1) is 12.6 Å². The smallest absolute Gasteiger partial charge is 0.235 e. The first-order valence-electron chi connectivity index (χ1n) is 7.06. The molecular formula is C14H26N4O. The number of nitrogens with one attached hydrogen (secondary N) is 1. The Morgan fingerprint density at radius 3 is 2.53 bits per heavy atom. The van der Waals surface area contributed by atoms with Gasteiger partial charge in [-0.05, 0) is 51.2 Å². The van der Waals surface area contributed by atoms with Crippen molar-refractivity contribution in [3.8, 4) is 6.07 Å². The van der Waals surface area contributed by atoms with E-state index in [1.54, 1.807) is 6.92 Å². The van der Waals surface area contributed by atoms with Crippen molar-refractivity contribution in [2.75, 3.05) is 26.2 Å². The number of rotatable bonds is 5. The van der Waals surface area contributed by atoms with E-state index in [9.17, 15) is 10.1 Å². The Labute approximate surface area is 116 Å². The van der Waals surface area contributed by atoms with E-state index in [0.29, 0.717) is 12.5 Å². The molecule has 0 radical (unpaired) electrons. The fourth-order valence-electron chi connectivity index (χ4n) is 2.21. The minimum absolute atomic E-state index is 0.0658. The molecule has 5 nitrogen and oxygen atoms in total. The summed E-state index contributed by atoms with van der Waals surface area (Å²) in [6.07, 6.45) is 2.12. The van der Waals surface area contributed by atoms with Gasteiger partial charge < -0.3 is 11.1 Å². The molecular weight excluding hydrogens is 240 g/mol. The van der Waals surface area contributed by atoms with E-state index in [-0.39, 0.29) is 11.8 Å². The molecule has 1 saturated heterocycles. The number of hydrogen-bond acceptors (Lipinski definition) is 4. The molecule has 1 heterocycles. The number of carbonyl (C=O) groups excluding carboxylic acids is 1. The van der Waals surface area contributed by atoms with Crippen molar-refractivity contribution < 1.29 is 4.79 Å². The number of likely N-dealkylation sites (tertiary alicyclic amines) is 1. The lowest BCUT2D eigenvalue weighted by Gasteiger charge is -2.32. The second-order valence-electron chi connectivity index (χ2n) is 5.97. The van der Waals surface area contributed by atoms with E-state index in [1.807, 2.05) is 13.8 Å². The number of carbonyl (C=O) groups is 1. The van der Waals surface area contributed by atoms with Crippen LogP contribution in [0.2, 0.25) is 0 Å². The molecule has 3 N–H and O–H groups in total. The second kappa shape index (κ2) is 6.88. The molecule has 0 aromatic rings. The summed E-state index contributed by atoms with van der Waals surface area (Å²) >= 11 is 0. The summed E-state index contributed by atoms with van der Waals surface area (Å²) in [5.41, 5.74) is 4.87. The minimum atomic E-state index is -0.785. The highest BCUT2D eigenvalue weighted by Gasteiger charge is 2.30. The van der Waals surface area contributed by atoms with Crippen LogP contribution in [0.3, 0.4) is 0 Å². The molecule has 19 heavy (non-hydrogen) atoms. The minimum Gasteiger partial charge on any atom is -0.337 e. The highest BCUT2D eigenvalue weighted by Crippen LogP contribution is 2.17. The zero-order chi connectivity index (χ0) is 14.5. The van der Waals surface area contributed by atoms with Crippen molar-refractivity contribution in [1.29, 1.82) is 5.26 Å². The molecule has 0 bridgehead atoms. The number of amides is 1. The molecule has 0 spiro atoms. The summed E-state index contributed by atoms with van der Waals surface area (Å²) in [5.74, 6) is 0.618. The number of nitriles is 1. The average Bonchev–Trinajstić information content (AvgIpc) is 2.39. The maximum atomic E-state index is 12.0. The van der Waals surface area contributed by atoms with Gasteiger partial charge in [-0.2, -0.15) is 5.26 Å². The van der Waals surface area contributed by atoms with Crippen LogP contribution >= 0.6 is 0 Å². The van der Waals surface area contributed by atoms with Gasteiger partial charge in [0.25, 0.3) is 0 Å². The molecule has 1 unspecified atom stereocenters. The van der Waals surface area contributed by atoms with Crippen molar-refractivity contribution >= 4 is 5.91 Å². The van der Waals surface area contributed by atoms with E-state index in [1.165, 1.54) is 0 Å². The molecule has 1 fully saturated rings. The molecule has 1 atom stereocenters. The van der Waals surface area contributed by atoms with Crippen LogP contribution in [0.15, 0.2) is 0 Å². The molecule has 5 heteroatoms. The molecule has 1 rings (SSSR count). The Hall–Kier alpha value is -1.12. The largest absolute Gasteiger partial charge is 0.337 e. The third-order valence-corrected chi connectivity index (χ3v) is 4.19. The van der Waals surface area contributed by atoms with Gasteiger partial charge in [0.1, 0.15) is 5.54 Å². The summed E-state index contributed by atoms with van der Waals surface area (Å²) in [6, 6.07) is 2.20. The molecule has 0 aromatic carbocycles. The lowest BCUT2D eigenvalue weighted by Crippen LogP contribution is -2.52. The molecule has 0 saturated carbocycles.